The van der Waals surface area contributed by atoms with Crippen LogP contribution in [0, 0.1) is 11.3 Å². The van der Waals surface area contributed by atoms with Crippen LogP contribution in [0.3, 0.4) is 0 Å². The third-order valence-corrected chi connectivity index (χ3v) is 3.08. The molecule has 0 saturated heterocycles. The fraction of sp³-hybridized carbons (Fsp3) is 0.125. The highest BCUT2D eigenvalue weighted by atomic mass is 16.7. The van der Waals surface area contributed by atoms with Gasteiger partial charge in [-0.25, -0.2) is 0 Å². The van der Waals surface area contributed by atoms with E-state index in [0.29, 0.717) is 34.7 Å². The Balaban J connectivity index is 1.81. The summed E-state index contributed by atoms with van der Waals surface area (Å²) in [6.07, 6.45) is 0.711. The molecule has 0 N–H and O–H groups in total. The second-order valence-corrected chi connectivity index (χ2v) is 4.46. The summed E-state index contributed by atoms with van der Waals surface area (Å²) in [5.41, 5.74) is 1.82. The van der Waals surface area contributed by atoms with Crippen molar-refractivity contribution in [2.75, 3.05) is 6.79 Å². The normalized spacial score (nSPS) is 11.8. The lowest BCUT2D eigenvalue weighted by Gasteiger charge is -2.09. The van der Waals surface area contributed by atoms with Crippen molar-refractivity contribution in [1.29, 1.82) is 5.26 Å². The van der Waals surface area contributed by atoms with Gasteiger partial charge in [-0.3, -0.25) is 4.79 Å². The summed E-state index contributed by atoms with van der Waals surface area (Å²) in [4.78, 5) is 11.1. The number of nitriles is 1. The molecule has 0 fully saturated rings. The molecular weight excluding hydrogens is 270 g/mol. The summed E-state index contributed by atoms with van der Waals surface area (Å²) >= 11 is 0. The van der Waals surface area contributed by atoms with E-state index in [9.17, 15) is 4.79 Å². The molecule has 0 amide bonds. The van der Waals surface area contributed by atoms with Gasteiger partial charge in [0, 0.05) is 6.07 Å². The van der Waals surface area contributed by atoms with Gasteiger partial charge in [0.1, 0.15) is 12.4 Å². The van der Waals surface area contributed by atoms with E-state index in [-0.39, 0.29) is 13.4 Å². The van der Waals surface area contributed by atoms with Gasteiger partial charge in [-0.1, -0.05) is 12.1 Å². The number of rotatable bonds is 4. The predicted octanol–water partition coefficient (Wildman–Crippen LogP) is 2.68. The molecule has 21 heavy (non-hydrogen) atoms. The average molecular weight is 281 g/mol. The van der Waals surface area contributed by atoms with E-state index >= 15 is 0 Å². The van der Waals surface area contributed by atoms with Gasteiger partial charge < -0.3 is 14.2 Å². The molecule has 5 heteroatoms. The fourth-order valence-electron chi connectivity index (χ4n) is 2.05. The summed E-state index contributed by atoms with van der Waals surface area (Å²) in [6.45, 7) is 0.400. The first-order chi connectivity index (χ1) is 10.3. The highest BCUT2D eigenvalue weighted by molar-refractivity contribution is 5.81. The molecule has 0 atom stereocenters. The lowest BCUT2D eigenvalue weighted by atomic mass is 10.1. The van der Waals surface area contributed by atoms with Gasteiger partial charge in [0.05, 0.1) is 17.2 Å². The zero-order valence-corrected chi connectivity index (χ0v) is 11.0. The van der Waals surface area contributed by atoms with Crippen LogP contribution in [0.15, 0.2) is 36.4 Å². The van der Waals surface area contributed by atoms with Gasteiger partial charge in [0.15, 0.2) is 17.8 Å². The second kappa shape index (κ2) is 5.55. The minimum absolute atomic E-state index is 0.140. The van der Waals surface area contributed by atoms with E-state index in [2.05, 4.69) is 6.07 Å². The van der Waals surface area contributed by atoms with Crippen LogP contribution in [0.1, 0.15) is 21.5 Å². The molecule has 1 heterocycles. The lowest BCUT2D eigenvalue weighted by Crippen LogP contribution is -1.99. The van der Waals surface area contributed by atoms with Crippen LogP contribution >= 0.6 is 0 Å². The van der Waals surface area contributed by atoms with Crippen molar-refractivity contribution < 1.29 is 19.0 Å². The topological polar surface area (TPSA) is 68.5 Å². The third kappa shape index (κ3) is 2.65. The first kappa shape index (κ1) is 13.0. The SMILES string of the molecule is N#Cc1cccc(COc2cc3c(cc2C=O)OCO3)c1. The first-order valence-electron chi connectivity index (χ1n) is 6.31. The summed E-state index contributed by atoms with van der Waals surface area (Å²) < 4.78 is 16.1. The van der Waals surface area contributed by atoms with Gasteiger partial charge in [-0.2, -0.15) is 5.26 Å². The Bertz CT molecular complexity index is 734. The summed E-state index contributed by atoms with van der Waals surface area (Å²) in [5.74, 6) is 1.52. The number of ether oxygens (including phenoxy) is 3. The Morgan fingerprint density at radius 1 is 1.24 bits per heavy atom. The van der Waals surface area contributed by atoms with E-state index in [4.69, 9.17) is 19.5 Å². The molecule has 0 bridgehead atoms. The lowest BCUT2D eigenvalue weighted by molar-refractivity contribution is 0.111. The molecule has 0 spiro atoms. The molecule has 1 aliphatic heterocycles. The molecule has 0 radical (unpaired) electrons. The first-order valence-corrected chi connectivity index (χ1v) is 6.31. The predicted molar refractivity (Wildman–Crippen MR) is 73.4 cm³/mol. The molecule has 0 unspecified atom stereocenters. The number of hydrogen-bond donors (Lipinski definition) is 0. The Labute approximate surface area is 121 Å². The fourth-order valence-corrected chi connectivity index (χ4v) is 2.05. The number of hydrogen-bond acceptors (Lipinski definition) is 5. The molecule has 0 aromatic heterocycles. The largest absolute Gasteiger partial charge is 0.488 e. The highest BCUT2D eigenvalue weighted by Gasteiger charge is 2.17. The van der Waals surface area contributed by atoms with Crippen LogP contribution in [0.2, 0.25) is 0 Å². The monoisotopic (exact) mass is 281 g/mol. The van der Waals surface area contributed by atoms with Crippen molar-refractivity contribution in [3.8, 4) is 23.3 Å². The number of carbonyl (C=O) groups is 1. The van der Waals surface area contributed by atoms with E-state index < -0.39 is 0 Å². The van der Waals surface area contributed by atoms with Crippen molar-refractivity contribution in [3.05, 3.63) is 53.1 Å². The van der Waals surface area contributed by atoms with Crippen LogP contribution in [-0.4, -0.2) is 13.1 Å². The van der Waals surface area contributed by atoms with Gasteiger partial charge >= 0.3 is 0 Å². The molecular formula is C16H11NO4. The van der Waals surface area contributed by atoms with Crippen LogP contribution in [0.25, 0.3) is 0 Å². The molecule has 0 aliphatic carbocycles. The average Bonchev–Trinajstić information content (AvgIpc) is 2.99. The number of benzene rings is 2. The Morgan fingerprint density at radius 3 is 2.81 bits per heavy atom. The minimum Gasteiger partial charge on any atom is -0.488 e. The molecule has 2 aromatic carbocycles. The van der Waals surface area contributed by atoms with Gasteiger partial charge in [-0.05, 0) is 23.8 Å². The Morgan fingerprint density at radius 2 is 2.05 bits per heavy atom. The smallest absolute Gasteiger partial charge is 0.231 e. The van der Waals surface area contributed by atoms with E-state index in [1.54, 1.807) is 30.3 Å². The highest BCUT2D eigenvalue weighted by Crippen LogP contribution is 2.37. The summed E-state index contributed by atoms with van der Waals surface area (Å²) in [5, 5.41) is 8.87. The molecule has 2 aromatic rings. The summed E-state index contributed by atoms with van der Waals surface area (Å²) in [6, 6.07) is 12.4. The zero-order valence-electron chi connectivity index (χ0n) is 11.0. The van der Waals surface area contributed by atoms with E-state index in [1.165, 1.54) is 0 Å². The molecule has 0 saturated carbocycles. The maximum atomic E-state index is 11.1. The number of fused-ring (bicyclic) bond motifs is 1. The zero-order chi connectivity index (χ0) is 14.7. The summed E-state index contributed by atoms with van der Waals surface area (Å²) in [7, 11) is 0. The van der Waals surface area contributed by atoms with Crippen molar-refractivity contribution in [2.24, 2.45) is 0 Å². The minimum atomic E-state index is 0.140. The van der Waals surface area contributed by atoms with Crippen molar-refractivity contribution in [2.45, 2.75) is 6.61 Å². The van der Waals surface area contributed by atoms with Crippen LogP contribution < -0.4 is 14.2 Å². The van der Waals surface area contributed by atoms with Gasteiger partial charge in [0.25, 0.3) is 0 Å². The molecule has 5 nitrogen and oxygen atoms in total. The third-order valence-electron chi connectivity index (χ3n) is 3.08. The van der Waals surface area contributed by atoms with Crippen LogP contribution in [0.4, 0.5) is 0 Å². The van der Waals surface area contributed by atoms with Crippen molar-refractivity contribution >= 4 is 6.29 Å². The van der Waals surface area contributed by atoms with Gasteiger partial charge in [-0.15, -0.1) is 0 Å². The second-order valence-electron chi connectivity index (χ2n) is 4.46. The quantitative estimate of drug-likeness (QED) is 0.806. The maximum absolute atomic E-state index is 11.1. The Kier molecular flexibility index (Phi) is 3.44. The van der Waals surface area contributed by atoms with Crippen LogP contribution in [0.5, 0.6) is 17.2 Å². The number of carbonyl (C=O) groups excluding carboxylic acids is 1. The van der Waals surface area contributed by atoms with E-state index in [1.807, 2.05) is 6.07 Å². The van der Waals surface area contributed by atoms with Gasteiger partial charge in [0.2, 0.25) is 6.79 Å². The van der Waals surface area contributed by atoms with Crippen molar-refractivity contribution in [1.82, 2.24) is 0 Å². The Hall–Kier alpha value is -3.00. The molecule has 104 valence electrons. The molecule has 1 aliphatic rings. The van der Waals surface area contributed by atoms with Crippen molar-refractivity contribution in [3.63, 3.8) is 0 Å². The van der Waals surface area contributed by atoms with Crippen LogP contribution in [-0.2, 0) is 6.61 Å². The standard InChI is InChI=1S/C16H11NO4/c17-7-11-2-1-3-12(4-11)9-19-14-6-16-15(20-10-21-16)5-13(14)8-18/h1-6,8H,9-10H2. The van der Waals surface area contributed by atoms with E-state index in [0.717, 1.165) is 5.56 Å². The maximum Gasteiger partial charge on any atom is 0.231 e. The number of aldehydes is 1. The number of nitrogens with zero attached hydrogens (tertiary/aromatic N) is 1. The molecule has 3 rings (SSSR count).